The van der Waals surface area contributed by atoms with Gasteiger partial charge in [0.05, 0.1) is 5.25 Å². The van der Waals surface area contributed by atoms with Gasteiger partial charge in [-0.05, 0) is 66.6 Å². The monoisotopic (exact) mass is 571 g/mol. The largest absolute Gasteiger partial charge is 0.321 e. The van der Waals surface area contributed by atoms with E-state index >= 15 is 0 Å². The third-order valence-electron chi connectivity index (χ3n) is 5.06. The Morgan fingerprint density at radius 1 is 1.06 bits per heavy atom. The van der Waals surface area contributed by atoms with E-state index in [1.165, 1.54) is 16.7 Å². The first kappa shape index (κ1) is 24.4. The van der Waals surface area contributed by atoms with E-state index in [4.69, 9.17) is 23.2 Å². The number of carbonyl (C=O) groups excluding carboxylic acids is 2. The van der Waals surface area contributed by atoms with Crippen LogP contribution in [0.15, 0.2) is 87.9 Å². The maximum absolute atomic E-state index is 13.5. The second-order valence-electron chi connectivity index (χ2n) is 7.31. The molecule has 3 aromatic rings. The average Bonchev–Trinajstić information content (AvgIpc) is 3.13. The Bertz CT molecular complexity index is 1320. The summed E-state index contributed by atoms with van der Waals surface area (Å²) >= 11 is 16.8. The fourth-order valence-corrected chi connectivity index (χ4v) is 5.30. The highest BCUT2D eigenvalue weighted by molar-refractivity contribution is 9.10. The molecule has 4 rings (SSSR count). The summed E-state index contributed by atoms with van der Waals surface area (Å²) < 4.78 is 0.842. The van der Waals surface area contributed by atoms with Gasteiger partial charge in [-0.2, -0.15) is 5.26 Å². The number of nitrogens with zero attached hydrogens (tertiary/aromatic N) is 2. The summed E-state index contributed by atoms with van der Waals surface area (Å²) in [6.45, 7) is 0. The Hall–Kier alpha value is -2.76. The standard InChI is InChI=1S/C25H16BrCl2N3O2S/c26-16-5-11-19(12-6-16)31-24(33)22(13-15-3-1-2-4-21(15)28)34-25(31)20(14-29)23(32)30-18-9-7-17(27)8-10-18/h1-12,22H,13H2,(H,30,32)/b25-20-/t22-/m0/s1. The second-order valence-corrected chi connectivity index (χ2v) is 10.3. The fraction of sp³-hybridized carbons (Fsp3) is 0.0800. The van der Waals surface area contributed by atoms with Crippen molar-refractivity contribution in [3.63, 3.8) is 0 Å². The van der Waals surface area contributed by atoms with Gasteiger partial charge in [-0.15, -0.1) is 0 Å². The van der Waals surface area contributed by atoms with Crippen LogP contribution < -0.4 is 10.2 Å². The van der Waals surface area contributed by atoms with Gasteiger partial charge in [0.1, 0.15) is 16.7 Å². The molecule has 1 atom stereocenters. The number of rotatable bonds is 5. The lowest BCUT2D eigenvalue weighted by atomic mass is 10.1. The normalized spacial score (nSPS) is 16.8. The molecule has 0 aliphatic carbocycles. The van der Waals surface area contributed by atoms with E-state index < -0.39 is 11.2 Å². The van der Waals surface area contributed by atoms with E-state index in [0.29, 0.717) is 27.8 Å². The lowest BCUT2D eigenvalue weighted by Gasteiger charge is -2.19. The van der Waals surface area contributed by atoms with Gasteiger partial charge >= 0.3 is 0 Å². The Labute approximate surface area is 219 Å². The quantitative estimate of drug-likeness (QED) is 0.269. The molecule has 1 saturated heterocycles. The molecule has 5 nitrogen and oxygen atoms in total. The Kier molecular flexibility index (Phi) is 7.64. The molecule has 1 N–H and O–H groups in total. The van der Waals surface area contributed by atoms with E-state index in [-0.39, 0.29) is 16.5 Å². The molecule has 0 radical (unpaired) electrons. The number of amides is 2. The average molecular weight is 573 g/mol. The molecule has 0 spiro atoms. The molecule has 0 bridgehead atoms. The molecule has 34 heavy (non-hydrogen) atoms. The predicted molar refractivity (Wildman–Crippen MR) is 141 cm³/mol. The minimum absolute atomic E-state index is 0.155. The molecule has 1 fully saturated rings. The lowest BCUT2D eigenvalue weighted by Crippen LogP contribution is -2.31. The number of nitrogens with one attached hydrogen (secondary N) is 1. The van der Waals surface area contributed by atoms with E-state index in [1.54, 1.807) is 54.6 Å². The van der Waals surface area contributed by atoms with E-state index in [9.17, 15) is 14.9 Å². The first-order chi connectivity index (χ1) is 16.4. The van der Waals surface area contributed by atoms with E-state index in [2.05, 4.69) is 21.2 Å². The molecule has 0 unspecified atom stereocenters. The number of anilines is 2. The van der Waals surface area contributed by atoms with Gasteiger partial charge in [-0.1, -0.05) is 69.1 Å². The zero-order chi connectivity index (χ0) is 24.2. The van der Waals surface area contributed by atoms with Crippen LogP contribution in [0.2, 0.25) is 10.0 Å². The van der Waals surface area contributed by atoms with Gasteiger partial charge in [-0.3, -0.25) is 14.5 Å². The van der Waals surface area contributed by atoms with E-state index in [1.807, 2.05) is 24.3 Å². The minimum Gasteiger partial charge on any atom is -0.321 e. The number of benzene rings is 3. The van der Waals surface area contributed by atoms with Crippen molar-refractivity contribution in [1.82, 2.24) is 0 Å². The second kappa shape index (κ2) is 10.7. The SMILES string of the molecule is N#C/C(C(=O)Nc1ccc(Cl)cc1)=C1/S[C@@H](Cc2ccccc2Cl)C(=O)N1c1ccc(Br)cc1. The number of nitriles is 1. The van der Waals surface area contributed by atoms with Crippen LogP contribution in [0, 0.1) is 11.3 Å². The van der Waals surface area contributed by atoms with Gasteiger partial charge in [-0.25, -0.2) is 0 Å². The zero-order valence-corrected chi connectivity index (χ0v) is 21.4. The summed E-state index contributed by atoms with van der Waals surface area (Å²) in [4.78, 5) is 28.0. The van der Waals surface area contributed by atoms with Crippen molar-refractivity contribution in [3.05, 3.63) is 103 Å². The van der Waals surface area contributed by atoms with Crippen molar-refractivity contribution in [2.24, 2.45) is 0 Å². The highest BCUT2D eigenvalue weighted by atomic mass is 79.9. The highest BCUT2D eigenvalue weighted by Gasteiger charge is 2.41. The summed E-state index contributed by atoms with van der Waals surface area (Å²) in [7, 11) is 0. The highest BCUT2D eigenvalue weighted by Crippen LogP contribution is 2.42. The molecule has 170 valence electrons. The molecule has 1 aliphatic rings. The topological polar surface area (TPSA) is 73.2 Å². The van der Waals surface area contributed by atoms with Gasteiger partial charge < -0.3 is 5.32 Å². The maximum atomic E-state index is 13.5. The Balaban J connectivity index is 1.73. The van der Waals surface area contributed by atoms with Gasteiger partial charge in [0.15, 0.2) is 0 Å². The fourth-order valence-electron chi connectivity index (χ4n) is 3.40. The summed E-state index contributed by atoms with van der Waals surface area (Å²) in [5, 5.41) is 13.4. The Morgan fingerprint density at radius 2 is 1.74 bits per heavy atom. The smallest absolute Gasteiger partial charge is 0.269 e. The molecule has 2 amide bonds. The third kappa shape index (κ3) is 5.31. The van der Waals surface area contributed by atoms with Gasteiger partial charge in [0.2, 0.25) is 5.91 Å². The Morgan fingerprint density at radius 3 is 2.38 bits per heavy atom. The summed E-state index contributed by atoms with van der Waals surface area (Å²) in [5.74, 6) is -0.838. The molecule has 1 aliphatic heterocycles. The molecule has 0 saturated carbocycles. The van der Waals surface area contributed by atoms with Crippen molar-refractivity contribution in [1.29, 1.82) is 5.26 Å². The maximum Gasteiger partial charge on any atom is 0.269 e. The minimum atomic E-state index is -0.611. The summed E-state index contributed by atoms with van der Waals surface area (Å²) in [6, 6.07) is 23.0. The van der Waals surface area contributed by atoms with Gasteiger partial charge in [0.25, 0.3) is 5.91 Å². The van der Waals surface area contributed by atoms with Crippen molar-refractivity contribution >= 4 is 74.1 Å². The molecule has 3 aromatic carbocycles. The van der Waals surface area contributed by atoms with Crippen molar-refractivity contribution in [3.8, 4) is 6.07 Å². The molecular weight excluding hydrogens is 557 g/mol. The summed E-state index contributed by atoms with van der Waals surface area (Å²) in [5.41, 5.74) is 1.71. The number of carbonyl (C=O) groups is 2. The molecule has 9 heteroatoms. The first-order valence-corrected chi connectivity index (χ1v) is 12.5. The predicted octanol–water partition coefficient (Wildman–Crippen LogP) is 6.82. The van der Waals surface area contributed by atoms with Crippen LogP contribution in [0.25, 0.3) is 0 Å². The lowest BCUT2D eigenvalue weighted by molar-refractivity contribution is -0.117. The van der Waals surface area contributed by atoms with Gasteiger partial charge in [0, 0.05) is 25.9 Å². The number of hydrogen-bond acceptors (Lipinski definition) is 4. The first-order valence-electron chi connectivity index (χ1n) is 10.1. The van der Waals surface area contributed by atoms with Crippen LogP contribution in [-0.2, 0) is 16.0 Å². The van der Waals surface area contributed by atoms with Crippen LogP contribution in [0.4, 0.5) is 11.4 Å². The number of thioether (sulfide) groups is 1. The van der Waals surface area contributed by atoms with Crippen molar-refractivity contribution in [2.75, 3.05) is 10.2 Å². The van der Waals surface area contributed by atoms with Crippen LogP contribution in [0.1, 0.15) is 5.56 Å². The van der Waals surface area contributed by atoms with Crippen LogP contribution >= 0.6 is 50.9 Å². The number of hydrogen-bond donors (Lipinski definition) is 1. The zero-order valence-electron chi connectivity index (χ0n) is 17.5. The molecule has 0 aromatic heterocycles. The number of halogens is 3. The van der Waals surface area contributed by atoms with Crippen LogP contribution in [0.3, 0.4) is 0 Å². The third-order valence-corrected chi connectivity index (χ3v) is 7.47. The van der Waals surface area contributed by atoms with Crippen LogP contribution in [0.5, 0.6) is 0 Å². The summed E-state index contributed by atoms with van der Waals surface area (Å²) in [6.07, 6.45) is 0.358. The van der Waals surface area contributed by atoms with Crippen molar-refractivity contribution in [2.45, 2.75) is 11.7 Å². The van der Waals surface area contributed by atoms with E-state index in [0.717, 1.165) is 10.0 Å². The molecular formula is C25H16BrCl2N3O2S. The molecule has 1 heterocycles. The van der Waals surface area contributed by atoms with Crippen molar-refractivity contribution < 1.29 is 9.59 Å². The van der Waals surface area contributed by atoms with Crippen LogP contribution in [-0.4, -0.2) is 17.1 Å².